The van der Waals surface area contributed by atoms with Crippen LogP contribution in [0.1, 0.15) is 51.3 Å². The Bertz CT molecular complexity index is 840. The average Bonchev–Trinajstić information content (AvgIpc) is 2.75. The summed E-state index contributed by atoms with van der Waals surface area (Å²) in [6, 6.07) is 20.3. The molecule has 1 fully saturated rings. The summed E-state index contributed by atoms with van der Waals surface area (Å²) >= 11 is 0. The number of esters is 1. The Morgan fingerprint density at radius 3 is 2.03 bits per heavy atom. The zero-order chi connectivity index (χ0) is 23.1. The fourth-order valence-corrected chi connectivity index (χ4v) is 4.14. The lowest BCUT2D eigenvalue weighted by atomic mass is 9.93. The van der Waals surface area contributed by atoms with Gasteiger partial charge in [0.1, 0.15) is 5.60 Å². The highest BCUT2D eigenvalue weighted by Gasteiger charge is 2.37. The summed E-state index contributed by atoms with van der Waals surface area (Å²) in [5.74, 6) is -0.256. The van der Waals surface area contributed by atoms with Crippen LogP contribution in [-0.2, 0) is 14.3 Å². The maximum absolute atomic E-state index is 12.8. The van der Waals surface area contributed by atoms with Gasteiger partial charge in [0.05, 0.1) is 19.1 Å². The lowest BCUT2D eigenvalue weighted by molar-refractivity contribution is -0.145. The zero-order valence-electron chi connectivity index (χ0n) is 19.5. The fourth-order valence-electron chi connectivity index (χ4n) is 4.14. The second kappa shape index (κ2) is 10.6. The molecule has 1 aliphatic heterocycles. The molecule has 0 radical (unpaired) electrons. The largest absolute Gasteiger partial charge is 0.466 e. The van der Waals surface area contributed by atoms with Crippen LogP contribution in [-0.4, -0.2) is 59.7 Å². The van der Waals surface area contributed by atoms with Crippen LogP contribution in [0.3, 0.4) is 0 Å². The maximum Gasteiger partial charge on any atom is 0.410 e. The molecule has 0 unspecified atom stereocenters. The smallest absolute Gasteiger partial charge is 0.410 e. The Labute approximate surface area is 191 Å². The summed E-state index contributed by atoms with van der Waals surface area (Å²) in [5.41, 5.74) is 1.73. The van der Waals surface area contributed by atoms with Gasteiger partial charge >= 0.3 is 12.1 Å². The van der Waals surface area contributed by atoms with Crippen LogP contribution in [0.4, 0.5) is 4.79 Å². The van der Waals surface area contributed by atoms with Crippen molar-refractivity contribution >= 4 is 12.1 Å². The Hall–Kier alpha value is -2.86. The van der Waals surface area contributed by atoms with Crippen LogP contribution >= 0.6 is 0 Å². The molecule has 0 spiro atoms. The first kappa shape index (κ1) is 23.8. The van der Waals surface area contributed by atoms with Gasteiger partial charge in [0.2, 0.25) is 0 Å². The number of rotatable bonds is 6. The molecule has 172 valence electrons. The first-order valence-electron chi connectivity index (χ1n) is 11.3. The molecular formula is C26H34N2O4. The van der Waals surface area contributed by atoms with Crippen molar-refractivity contribution in [1.29, 1.82) is 0 Å². The van der Waals surface area contributed by atoms with Crippen LogP contribution in [0.2, 0.25) is 0 Å². The van der Waals surface area contributed by atoms with E-state index in [1.165, 1.54) is 0 Å². The van der Waals surface area contributed by atoms with E-state index in [2.05, 4.69) is 29.2 Å². The summed E-state index contributed by atoms with van der Waals surface area (Å²) in [6.45, 7) is 9.28. The second-order valence-electron chi connectivity index (χ2n) is 9.05. The molecule has 1 heterocycles. The van der Waals surface area contributed by atoms with Crippen LogP contribution in [0.25, 0.3) is 0 Å². The lowest BCUT2D eigenvalue weighted by Gasteiger charge is -2.45. The Morgan fingerprint density at radius 1 is 0.969 bits per heavy atom. The molecule has 6 nitrogen and oxygen atoms in total. The minimum Gasteiger partial charge on any atom is -0.466 e. The third-order valence-corrected chi connectivity index (χ3v) is 5.45. The summed E-state index contributed by atoms with van der Waals surface area (Å²) < 4.78 is 10.9. The van der Waals surface area contributed by atoms with Gasteiger partial charge in [-0.05, 0) is 38.8 Å². The molecule has 1 saturated heterocycles. The van der Waals surface area contributed by atoms with E-state index in [4.69, 9.17) is 9.47 Å². The molecular weight excluding hydrogens is 404 g/mol. The van der Waals surface area contributed by atoms with Gasteiger partial charge < -0.3 is 14.4 Å². The maximum atomic E-state index is 12.8. The average molecular weight is 439 g/mol. The number of benzene rings is 2. The molecule has 2 aromatic rings. The van der Waals surface area contributed by atoms with Gasteiger partial charge in [-0.15, -0.1) is 0 Å². The zero-order valence-corrected chi connectivity index (χ0v) is 19.5. The van der Waals surface area contributed by atoms with Crippen LogP contribution in [0.15, 0.2) is 60.7 Å². The Morgan fingerprint density at radius 2 is 1.53 bits per heavy atom. The number of carbonyl (C=O) groups is 2. The number of nitrogens with zero attached hydrogens (tertiary/aromatic N) is 2. The molecule has 1 aliphatic rings. The molecule has 1 amide bonds. The van der Waals surface area contributed by atoms with E-state index in [1.807, 2.05) is 57.2 Å². The summed E-state index contributed by atoms with van der Waals surface area (Å²) in [7, 11) is 0. The van der Waals surface area contributed by atoms with E-state index in [-0.39, 0.29) is 30.6 Å². The van der Waals surface area contributed by atoms with Crippen LogP contribution < -0.4 is 0 Å². The number of carbonyl (C=O) groups excluding carboxylic acids is 2. The number of hydrogen-bond acceptors (Lipinski definition) is 5. The highest BCUT2D eigenvalue weighted by atomic mass is 16.6. The van der Waals surface area contributed by atoms with Gasteiger partial charge in [0.25, 0.3) is 0 Å². The van der Waals surface area contributed by atoms with E-state index in [1.54, 1.807) is 11.8 Å². The molecule has 0 aromatic heterocycles. The minimum absolute atomic E-state index is 0.0300. The van der Waals surface area contributed by atoms with Gasteiger partial charge in [-0.2, -0.15) is 0 Å². The third-order valence-electron chi connectivity index (χ3n) is 5.45. The van der Waals surface area contributed by atoms with E-state index < -0.39 is 5.60 Å². The highest BCUT2D eigenvalue weighted by Crippen LogP contribution is 2.33. The van der Waals surface area contributed by atoms with Crippen molar-refractivity contribution < 1.29 is 19.1 Å². The van der Waals surface area contributed by atoms with Gasteiger partial charge in [0, 0.05) is 25.7 Å². The van der Waals surface area contributed by atoms with Crippen LogP contribution in [0.5, 0.6) is 0 Å². The Balaban J connectivity index is 1.92. The predicted octanol–water partition coefficient (Wildman–Crippen LogP) is 4.65. The normalized spacial score (nSPS) is 17.3. The second-order valence-corrected chi connectivity index (χ2v) is 9.05. The molecule has 6 heteroatoms. The van der Waals surface area contributed by atoms with Gasteiger partial charge in [-0.25, -0.2) is 4.79 Å². The van der Waals surface area contributed by atoms with Crippen molar-refractivity contribution in [1.82, 2.24) is 9.80 Å². The summed E-state index contributed by atoms with van der Waals surface area (Å²) in [5, 5.41) is 0. The fraction of sp³-hybridized carbons (Fsp3) is 0.462. The van der Waals surface area contributed by atoms with Gasteiger partial charge in [0.15, 0.2) is 0 Å². The predicted molar refractivity (Wildman–Crippen MR) is 124 cm³/mol. The van der Waals surface area contributed by atoms with E-state index >= 15 is 0 Å². The number of piperazine rings is 1. The molecule has 0 saturated carbocycles. The highest BCUT2D eigenvalue weighted by molar-refractivity contribution is 5.71. The SMILES string of the molecule is CCOC(=O)C[C@H]1CN(C(=O)OC(C)(C)C)CCN1C(c1ccccc1)c1ccccc1. The van der Waals surface area contributed by atoms with E-state index in [9.17, 15) is 9.59 Å². The number of amides is 1. The quantitative estimate of drug-likeness (QED) is 0.615. The first-order chi connectivity index (χ1) is 15.3. The molecule has 0 bridgehead atoms. The molecule has 0 N–H and O–H groups in total. The van der Waals surface area contributed by atoms with Gasteiger partial charge in [-0.1, -0.05) is 60.7 Å². The van der Waals surface area contributed by atoms with Crippen molar-refractivity contribution in [3.8, 4) is 0 Å². The molecule has 3 rings (SSSR count). The molecule has 32 heavy (non-hydrogen) atoms. The monoisotopic (exact) mass is 438 g/mol. The van der Waals surface area contributed by atoms with Crippen molar-refractivity contribution in [2.24, 2.45) is 0 Å². The van der Waals surface area contributed by atoms with Crippen molar-refractivity contribution in [2.75, 3.05) is 26.2 Å². The van der Waals surface area contributed by atoms with Gasteiger partial charge in [-0.3, -0.25) is 9.69 Å². The number of hydrogen-bond donors (Lipinski definition) is 0. The van der Waals surface area contributed by atoms with Crippen molar-refractivity contribution in [3.05, 3.63) is 71.8 Å². The van der Waals surface area contributed by atoms with E-state index in [0.29, 0.717) is 26.2 Å². The standard InChI is InChI=1S/C26H34N2O4/c1-5-31-23(29)18-22-19-27(25(30)32-26(2,3)4)16-17-28(22)24(20-12-8-6-9-13-20)21-14-10-7-11-15-21/h6-15,22,24H,5,16-19H2,1-4H3/t22-/m0/s1. The van der Waals surface area contributed by atoms with Crippen molar-refractivity contribution in [2.45, 2.75) is 51.8 Å². The minimum atomic E-state index is -0.568. The molecule has 0 aliphatic carbocycles. The van der Waals surface area contributed by atoms with Crippen molar-refractivity contribution in [3.63, 3.8) is 0 Å². The van der Waals surface area contributed by atoms with E-state index in [0.717, 1.165) is 11.1 Å². The third kappa shape index (κ3) is 6.33. The summed E-state index contributed by atoms with van der Waals surface area (Å²) in [4.78, 5) is 29.3. The topological polar surface area (TPSA) is 59.1 Å². The molecule has 1 atom stereocenters. The first-order valence-corrected chi connectivity index (χ1v) is 11.3. The lowest BCUT2D eigenvalue weighted by Crippen LogP contribution is -2.57. The Kier molecular flexibility index (Phi) is 7.91. The van der Waals surface area contributed by atoms with Crippen LogP contribution in [0, 0.1) is 0 Å². The number of ether oxygens (including phenoxy) is 2. The molecule has 2 aromatic carbocycles. The summed E-state index contributed by atoms with van der Waals surface area (Å²) in [6.07, 6.45) is -0.134.